The Hall–Kier alpha value is -4.24. The van der Waals surface area contributed by atoms with Crippen LogP contribution in [0.2, 0.25) is 0 Å². The number of hydrazone groups is 1. The molecule has 1 atom stereocenters. The molecule has 5 rings (SSSR count). The highest BCUT2D eigenvalue weighted by Gasteiger charge is 2.35. The van der Waals surface area contributed by atoms with Gasteiger partial charge in [-0.05, 0) is 48.9 Å². The molecule has 0 saturated heterocycles. The monoisotopic (exact) mass is 559 g/mol. The predicted octanol–water partition coefficient (Wildman–Crippen LogP) is 5.04. The summed E-state index contributed by atoms with van der Waals surface area (Å²) < 4.78 is 13.0. The summed E-state index contributed by atoms with van der Waals surface area (Å²) in [5, 5.41) is 5.86. The summed E-state index contributed by atoms with van der Waals surface area (Å²) in [7, 11) is 0. The molecule has 0 aliphatic carbocycles. The first-order chi connectivity index (χ1) is 17.9. The molecule has 8 nitrogen and oxygen atoms in total. The summed E-state index contributed by atoms with van der Waals surface area (Å²) in [5.41, 5.74) is 3.19. The van der Waals surface area contributed by atoms with Crippen molar-refractivity contribution in [2.24, 2.45) is 5.10 Å². The van der Waals surface area contributed by atoms with Gasteiger partial charge in [-0.2, -0.15) is 5.10 Å². The number of ether oxygens (including phenoxy) is 1. The van der Waals surface area contributed by atoms with Crippen molar-refractivity contribution >= 4 is 33.5 Å². The van der Waals surface area contributed by atoms with Crippen molar-refractivity contribution in [1.29, 1.82) is 0 Å². The fraction of sp³-hybridized carbons (Fsp3) is 0.143. The minimum absolute atomic E-state index is 0.139. The molecule has 0 bridgehead atoms. The highest BCUT2D eigenvalue weighted by atomic mass is 79.9. The number of aryl methyl sites for hydroxylation is 1. The molecule has 0 spiro atoms. The van der Waals surface area contributed by atoms with Crippen molar-refractivity contribution in [1.82, 2.24) is 9.58 Å². The Labute approximate surface area is 220 Å². The Morgan fingerprint density at radius 3 is 2.62 bits per heavy atom. The van der Waals surface area contributed by atoms with Gasteiger partial charge >= 0.3 is 5.97 Å². The van der Waals surface area contributed by atoms with Crippen molar-refractivity contribution < 1.29 is 18.7 Å². The second kappa shape index (κ2) is 10.4. The molecule has 186 valence electrons. The van der Waals surface area contributed by atoms with Crippen LogP contribution in [0.3, 0.4) is 0 Å². The van der Waals surface area contributed by atoms with Gasteiger partial charge in [0.2, 0.25) is 0 Å². The lowest BCUT2D eigenvalue weighted by Crippen LogP contribution is -2.31. The third-order valence-electron chi connectivity index (χ3n) is 5.98. The van der Waals surface area contributed by atoms with E-state index in [4.69, 9.17) is 9.15 Å². The molecule has 3 heterocycles. The Kier molecular flexibility index (Phi) is 6.87. The van der Waals surface area contributed by atoms with E-state index in [1.54, 1.807) is 36.6 Å². The third-order valence-corrected chi connectivity index (χ3v) is 6.48. The molecule has 9 heteroatoms. The predicted molar refractivity (Wildman–Crippen MR) is 141 cm³/mol. The molecule has 0 fully saturated rings. The second-order valence-electron chi connectivity index (χ2n) is 8.57. The zero-order valence-corrected chi connectivity index (χ0v) is 21.4. The first kappa shape index (κ1) is 24.5. The fourth-order valence-electron chi connectivity index (χ4n) is 4.08. The maximum Gasteiger partial charge on any atom is 0.340 e. The lowest BCUT2D eigenvalue weighted by atomic mass is 10.0. The van der Waals surface area contributed by atoms with E-state index in [1.165, 1.54) is 27.9 Å². The number of carbonyl (C=O) groups is 2. The average molecular weight is 560 g/mol. The standard InChI is InChI=1S/C28H22BrN3O5/c1-18-7-9-19(10-8-18)23-15-24(25-6-3-13-36-25)32(30-23)27(34)17-37-28(35)20-11-12-26(33)31(16-20)22-5-2-4-21(29)14-22/h2-14,16,24H,15,17H2,1H3. The second-order valence-corrected chi connectivity index (χ2v) is 9.48. The van der Waals surface area contributed by atoms with Crippen LogP contribution in [0.1, 0.15) is 39.7 Å². The number of pyridine rings is 1. The maximum absolute atomic E-state index is 13.1. The number of benzene rings is 2. The molecule has 1 unspecified atom stereocenters. The molecule has 0 radical (unpaired) electrons. The van der Waals surface area contributed by atoms with E-state index >= 15 is 0 Å². The smallest absolute Gasteiger partial charge is 0.340 e. The van der Waals surface area contributed by atoms with Crippen LogP contribution < -0.4 is 5.56 Å². The number of halogens is 1. The van der Waals surface area contributed by atoms with Crippen molar-refractivity contribution in [2.45, 2.75) is 19.4 Å². The van der Waals surface area contributed by atoms with E-state index in [2.05, 4.69) is 21.0 Å². The van der Waals surface area contributed by atoms with E-state index in [0.717, 1.165) is 21.3 Å². The number of carbonyl (C=O) groups excluding carboxylic acids is 2. The van der Waals surface area contributed by atoms with E-state index in [-0.39, 0.29) is 11.1 Å². The summed E-state index contributed by atoms with van der Waals surface area (Å²) in [6.07, 6.45) is 3.40. The Morgan fingerprint density at radius 2 is 1.89 bits per heavy atom. The number of hydrogen-bond acceptors (Lipinski definition) is 6. The first-order valence-electron chi connectivity index (χ1n) is 11.5. The molecular formula is C28H22BrN3O5. The van der Waals surface area contributed by atoms with Crippen molar-refractivity contribution in [3.63, 3.8) is 0 Å². The van der Waals surface area contributed by atoms with Gasteiger partial charge in [-0.3, -0.25) is 14.2 Å². The van der Waals surface area contributed by atoms with Crippen molar-refractivity contribution in [2.75, 3.05) is 6.61 Å². The van der Waals surface area contributed by atoms with Gasteiger partial charge in [0, 0.05) is 28.8 Å². The number of aromatic nitrogens is 1. The third kappa shape index (κ3) is 5.31. The van der Waals surface area contributed by atoms with E-state index in [1.807, 2.05) is 37.3 Å². The molecule has 4 aromatic rings. The minimum Gasteiger partial charge on any atom is -0.467 e. The van der Waals surface area contributed by atoms with Gasteiger partial charge in [-0.1, -0.05) is 51.8 Å². The number of nitrogens with zero attached hydrogens (tertiary/aromatic N) is 3. The van der Waals surface area contributed by atoms with E-state index in [9.17, 15) is 14.4 Å². The van der Waals surface area contributed by atoms with Gasteiger partial charge < -0.3 is 9.15 Å². The van der Waals surface area contributed by atoms with Crippen LogP contribution in [0, 0.1) is 6.92 Å². The van der Waals surface area contributed by atoms with E-state index < -0.39 is 24.5 Å². The number of amides is 1. The summed E-state index contributed by atoms with van der Waals surface area (Å²) in [6.45, 7) is 1.48. The topological polar surface area (TPSA) is 94.1 Å². The highest BCUT2D eigenvalue weighted by Crippen LogP contribution is 2.33. The van der Waals surface area contributed by atoms with Crippen LogP contribution in [0.4, 0.5) is 0 Å². The Balaban J connectivity index is 1.33. The van der Waals surface area contributed by atoms with Crippen LogP contribution in [0.15, 0.2) is 104 Å². The van der Waals surface area contributed by atoms with Crippen LogP contribution in [-0.4, -0.2) is 33.8 Å². The lowest BCUT2D eigenvalue weighted by molar-refractivity contribution is -0.136. The Morgan fingerprint density at radius 1 is 1.08 bits per heavy atom. The zero-order chi connectivity index (χ0) is 25.9. The van der Waals surface area contributed by atoms with Crippen LogP contribution >= 0.6 is 15.9 Å². The largest absolute Gasteiger partial charge is 0.467 e. The minimum atomic E-state index is -0.728. The fourth-order valence-corrected chi connectivity index (χ4v) is 4.46. The number of furan rings is 1. The van der Waals surface area contributed by atoms with Gasteiger partial charge in [-0.15, -0.1) is 0 Å². The number of hydrogen-bond donors (Lipinski definition) is 0. The number of rotatable bonds is 6. The SMILES string of the molecule is Cc1ccc(C2=NN(C(=O)COC(=O)c3ccc(=O)n(-c4cccc(Br)c4)c3)C(c3ccco3)C2)cc1. The molecule has 1 amide bonds. The lowest BCUT2D eigenvalue weighted by Gasteiger charge is -2.19. The quantitative estimate of drug-likeness (QED) is 0.308. The summed E-state index contributed by atoms with van der Waals surface area (Å²) in [6, 6.07) is 20.8. The molecule has 0 N–H and O–H groups in total. The maximum atomic E-state index is 13.1. The van der Waals surface area contributed by atoms with Crippen LogP contribution in [-0.2, 0) is 9.53 Å². The van der Waals surface area contributed by atoms with Crippen molar-refractivity contribution in [3.05, 3.63) is 123 Å². The van der Waals surface area contributed by atoms with Crippen LogP contribution in [0.5, 0.6) is 0 Å². The zero-order valence-electron chi connectivity index (χ0n) is 19.8. The van der Waals surface area contributed by atoms with Gasteiger partial charge in [0.1, 0.15) is 11.8 Å². The van der Waals surface area contributed by atoms with Gasteiger partial charge in [0.05, 0.1) is 17.5 Å². The molecule has 2 aromatic carbocycles. The molecule has 2 aromatic heterocycles. The molecule has 0 saturated carbocycles. The summed E-state index contributed by atoms with van der Waals surface area (Å²) >= 11 is 3.38. The molecule has 37 heavy (non-hydrogen) atoms. The van der Waals surface area contributed by atoms with Crippen LogP contribution in [0.25, 0.3) is 5.69 Å². The molecule has 1 aliphatic heterocycles. The average Bonchev–Trinajstić information content (AvgIpc) is 3.58. The van der Waals surface area contributed by atoms with Gasteiger partial charge in [0.15, 0.2) is 6.61 Å². The van der Waals surface area contributed by atoms with Gasteiger partial charge in [0.25, 0.3) is 11.5 Å². The summed E-state index contributed by atoms with van der Waals surface area (Å²) in [4.78, 5) is 38.3. The normalized spacial score (nSPS) is 14.9. The van der Waals surface area contributed by atoms with Gasteiger partial charge in [-0.25, -0.2) is 9.80 Å². The summed E-state index contributed by atoms with van der Waals surface area (Å²) in [5.74, 6) is -0.627. The van der Waals surface area contributed by atoms with E-state index in [0.29, 0.717) is 17.9 Å². The molecule has 1 aliphatic rings. The van der Waals surface area contributed by atoms with Crippen molar-refractivity contribution in [3.8, 4) is 5.69 Å². The molecular weight excluding hydrogens is 538 g/mol. The first-order valence-corrected chi connectivity index (χ1v) is 12.3. The Bertz CT molecular complexity index is 1540. The number of esters is 1. The highest BCUT2D eigenvalue weighted by molar-refractivity contribution is 9.10.